The second-order valence-corrected chi connectivity index (χ2v) is 5.28. The molecule has 0 spiro atoms. The molecule has 1 heterocycles. The molecule has 1 aromatic heterocycles. The molecule has 9 nitrogen and oxygen atoms in total. The zero-order chi connectivity index (χ0) is 17.0. The number of amides is 1. The van der Waals surface area contributed by atoms with Crippen LogP contribution in [0.2, 0.25) is 5.02 Å². The Labute approximate surface area is 136 Å². The van der Waals surface area contributed by atoms with Crippen molar-refractivity contribution in [2.75, 3.05) is 11.9 Å². The second kappa shape index (κ2) is 7.05. The van der Waals surface area contributed by atoms with Crippen LogP contribution < -0.4 is 10.6 Å². The van der Waals surface area contributed by atoms with Crippen molar-refractivity contribution in [2.45, 2.75) is 19.9 Å². The highest BCUT2D eigenvalue weighted by Gasteiger charge is 2.17. The maximum absolute atomic E-state index is 11.9. The Bertz CT molecular complexity index is 733. The molecule has 0 unspecified atom stereocenters. The van der Waals surface area contributed by atoms with Crippen molar-refractivity contribution < 1.29 is 14.3 Å². The van der Waals surface area contributed by atoms with Gasteiger partial charge in [0.15, 0.2) is 5.69 Å². The van der Waals surface area contributed by atoms with Crippen LogP contribution in [0.4, 0.5) is 11.4 Å². The van der Waals surface area contributed by atoms with Gasteiger partial charge in [-0.25, -0.2) is 4.63 Å². The molecule has 10 heteroatoms. The van der Waals surface area contributed by atoms with Crippen molar-refractivity contribution in [1.82, 2.24) is 15.6 Å². The van der Waals surface area contributed by atoms with Gasteiger partial charge in [-0.15, -0.1) is 0 Å². The van der Waals surface area contributed by atoms with E-state index in [1.807, 2.05) is 0 Å². The van der Waals surface area contributed by atoms with E-state index in [0.29, 0.717) is 17.9 Å². The van der Waals surface area contributed by atoms with E-state index in [9.17, 15) is 14.9 Å². The monoisotopic (exact) mass is 339 g/mol. The standard InChI is InChI=1S/C13H14ClN5O4/c1-7(16-13(20)12-8(2)17-23-18-12)6-15-11-4-3-9(19(21)22)5-10(11)14/h3-5,7,15H,6H2,1-2H3,(H,16,20)/t7-/m1/s1. The molecular formula is C13H14ClN5O4. The molecule has 0 fully saturated rings. The summed E-state index contributed by atoms with van der Waals surface area (Å²) in [7, 11) is 0. The Hall–Kier alpha value is -2.68. The van der Waals surface area contributed by atoms with Crippen LogP contribution >= 0.6 is 11.6 Å². The number of carbonyl (C=O) groups is 1. The summed E-state index contributed by atoms with van der Waals surface area (Å²) in [6, 6.07) is 3.88. The number of nitrogens with zero attached hydrogens (tertiary/aromatic N) is 3. The lowest BCUT2D eigenvalue weighted by Crippen LogP contribution is -2.37. The third-order valence-electron chi connectivity index (χ3n) is 3.01. The minimum Gasteiger partial charge on any atom is -0.382 e. The number of hydrogen-bond donors (Lipinski definition) is 2. The van der Waals surface area contributed by atoms with Crippen LogP contribution in [-0.2, 0) is 0 Å². The number of nitro benzene ring substituents is 1. The van der Waals surface area contributed by atoms with Crippen molar-refractivity contribution in [3.8, 4) is 0 Å². The van der Waals surface area contributed by atoms with E-state index in [0.717, 1.165) is 0 Å². The molecule has 0 saturated heterocycles. The number of anilines is 1. The maximum atomic E-state index is 11.9. The zero-order valence-electron chi connectivity index (χ0n) is 12.4. The number of nitrogens with one attached hydrogen (secondary N) is 2. The molecule has 2 rings (SSSR count). The van der Waals surface area contributed by atoms with Gasteiger partial charge in [0, 0.05) is 24.7 Å². The van der Waals surface area contributed by atoms with Gasteiger partial charge < -0.3 is 10.6 Å². The number of halogens is 1. The average Bonchev–Trinajstić information content (AvgIpc) is 2.92. The first-order valence-electron chi connectivity index (χ1n) is 6.66. The lowest BCUT2D eigenvalue weighted by atomic mass is 10.2. The summed E-state index contributed by atoms with van der Waals surface area (Å²) >= 11 is 5.98. The van der Waals surface area contributed by atoms with Crippen LogP contribution in [0.15, 0.2) is 22.8 Å². The van der Waals surface area contributed by atoms with Crippen LogP contribution in [0.3, 0.4) is 0 Å². The first-order valence-corrected chi connectivity index (χ1v) is 7.04. The summed E-state index contributed by atoms with van der Waals surface area (Å²) < 4.78 is 4.47. The summed E-state index contributed by atoms with van der Waals surface area (Å²) in [4.78, 5) is 22.1. The van der Waals surface area contributed by atoms with Gasteiger partial charge in [0.1, 0.15) is 5.69 Å². The normalized spacial score (nSPS) is 11.8. The second-order valence-electron chi connectivity index (χ2n) is 4.87. The number of non-ortho nitro benzene ring substituents is 1. The molecule has 2 N–H and O–H groups in total. The number of rotatable bonds is 6. The Morgan fingerprint density at radius 1 is 1.48 bits per heavy atom. The molecule has 0 bridgehead atoms. The summed E-state index contributed by atoms with van der Waals surface area (Å²) in [6.45, 7) is 3.77. The van der Waals surface area contributed by atoms with Crippen LogP contribution in [0, 0.1) is 17.0 Å². The molecule has 122 valence electrons. The van der Waals surface area contributed by atoms with Gasteiger partial charge in [-0.3, -0.25) is 14.9 Å². The van der Waals surface area contributed by atoms with Crippen molar-refractivity contribution in [1.29, 1.82) is 0 Å². The van der Waals surface area contributed by atoms with E-state index in [2.05, 4.69) is 25.6 Å². The number of benzene rings is 1. The third-order valence-corrected chi connectivity index (χ3v) is 3.32. The largest absolute Gasteiger partial charge is 0.382 e. The van der Waals surface area contributed by atoms with E-state index in [4.69, 9.17) is 11.6 Å². The van der Waals surface area contributed by atoms with Gasteiger partial charge >= 0.3 is 0 Å². The van der Waals surface area contributed by atoms with E-state index < -0.39 is 10.8 Å². The van der Waals surface area contributed by atoms with Crippen LogP contribution in [0.25, 0.3) is 0 Å². The smallest absolute Gasteiger partial charge is 0.275 e. The fourth-order valence-corrected chi connectivity index (χ4v) is 2.05. The molecule has 2 aromatic rings. The summed E-state index contributed by atoms with van der Waals surface area (Å²) in [5, 5.41) is 23.7. The lowest BCUT2D eigenvalue weighted by molar-refractivity contribution is -0.384. The molecule has 1 aromatic carbocycles. The molecule has 0 aliphatic rings. The SMILES string of the molecule is Cc1nonc1C(=O)N[C@H](C)CNc1ccc([N+](=O)[O-])cc1Cl. The number of hydrogen-bond acceptors (Lipinski definition) is 7. The first kappa shape index (κ1) is 16.7. The minimum atomic E-state index is -0.521. The Balaban J connectivity index is 1.92. The number of aromatic nitrogens is 2. The number of aryl methyl sites for hydroxylation is 1. The van der Waals surface area contributed by atoms with Gasteiger partial charge in [0.05, 0.1) is 15.6 Å². The zero-order valence-corrected chi connectivity index (χ0v) is 13.1. The van der Waals surface area contributed by atoms with E-state index in [1.165, 1.54) is 18.2 Å². The highest BCUT2D eigenvalue weighted by atomic mass is 35.5. The third kappa shape index (κ3) is 4.16. The van der Waals surface area contributed by atoms with Gasteiger partial charge in [-0.1, -0.05) is 16.8 Å². The molecule has 0 radical (unpaired) electrons. The van der Waals surface area contributed by atoms with Crippen molar-refractivity contribution >= 4 is 28.9 Å². The highest BCUT2D eigenvalue weighted by Crippen LogP contribution is 2.26. The number of nitro groups is 1. The first-order chi connectivity index (χ1) is 10.9. The summed E-state index contributed by atoms with van der Waals surface area (Å²) in [5.74, 6) is -0.396. The molecule has 0 aliphatic heterocycles. The van der Waals surface area contributed by atoms with Crippen LogP contribution in [0.5, 0.6) is 0 Å². The molecular weight excluding hydrogens is 326 g/mol. The summed E-state index contributed by atoms with van der Waals surface area (Å²) in [6.07, 6.45) is 0. The van der Waals surface area contributed by atoms with E-state index >= 15 is 0 Å². The van der Waals surface area contributed by atoms with E-state index in [-0.39, 0.29) is 22.4 Å². The average molecular weight is 340 g/mol. The molecule has 0 saturated carbocycles. The van der Waals surface area contributed by atoms with Gasteiger partial charge in [-0.05, 0) is 25.1 Å². The molecule has 23 heavy (non-hydrogen) atoms. The predicted molar refractivity (Wildman–Crippen MR) is 82.6 cm³/mol. The van der Waals surface area contributed by atoms with E-state index in [1.54, 1.807) is 13.8 Å². The molecule has 1 amide bonds. The predicted octanol–water partition coefficient (Wildman–Crippen LogP) is 2.17. The number of carbonyl (C=O) groups excluding carboxylic acids is 1. The van der Waals surface area contributed by atoms with Crippen molar-refractivity contribution in [3.63, 3.8) is 0 Å². The Kier molecular flexibility index (Phi) is 5.12. The topological polar surface area (TPSA) is 123 Å². The fraction of sp³-hybridized carbons (Fsp3) is 0.308. The van der Waals surface area contributed by atoms with Crippen LogP contribution in [0.1, 0.15) is 23.1 Å². The fourth-order valence-electron chi connectivity index (χ4n) is 1.80. The van der Waals surface area contributed by atoms with Crippen molar-refractivity contribution in [2.24, 2.45) is 0 Å². The summed E-state index contributed by atoms with van der Waals surface area (Å²) in [5.41, 5.74) is 0.986. The minimum absolute atomic E-state index is 0.0871. The van der Waals surface area contributed by atoms with Crippen LogP contribution in [-0.4, -0.2) is 33.7 Å². The highest BCUT2D eigenvalue weighted by molar-refractivity contribution is 6.33. The van der Waals surface area contributed by atoms with Crippen molar-refractivity contribution in [3.05, 3.63) is 44.7 Å². The maximum Gasteiger partial charge on any atom is 0.275 e. The molecule has 0 aliphatic carbocycles. The Morgan fingerprint density at radius 2 is 2.22 bits per heavy atom. The Morgan fingerprint density at radius 3 is 2.78 bits per heavy atom. The van der Waals surface area contributed by atoms with Gasteiger partial charge in [-0.2, -0.15) is 0 Å². The lowest BCUT2D eigenvalue weighted by Gasteiger charge is -2.15. The van der Waals surface area contributed by atoms with Gasteiger partial charge in [0.25, 0.3) is 11.6 Å². The molecule has 1 atom stereocenters. The van der Waals surface area contributed by atoms with Gasteiger partial charge in [0.2, 0.25) is 0 Å². The quantitative estimate of drug-likeness (QED) is 0.610.